The SMILES string of the molecule is COC(=O)C(O)c1ccc(O)cc1O. The van der Waals surface area contributed by atoms with Gasteiger partial charge in [0.05, 0.1) is 7.11 Å². The second-order valence-corrected chi connectivity index (χ2v) is 2.67. The zero-order chi connectivity index (χ0) is 10.7. The van der Waals surface area contributed by atoms with Gasteiger partial charge in [0.2, 0.25) is 0 Å². The molecule has 1 unspecified atom stereocenters. The molecule has 5 heteroatoms. The van der Waals surface area contributed by atoms with Crippen molar-refractivity contribution in [3.05, 3.63) is 23.8 Å². The van der Waals surface area contributed by atoms with Crippen LogP contribution in [0, 0.1) is 0 Å². The van der Waals surface area contributed by atoms with Gasteiger partial charge in [-0.25, -0.2) is 4.79 Å². The zero-order valence-corrected chi connectivity index (χ0v) is 7.47. The van der Waals surface area contributed by atoms with E-state index < -0.39 is 12.1 Å². The largest absolute Gasteiger partial charge is 0.508 e. The van der Waals surface area contributed by atoms with Gasteiger partial charge in [0.15, 0.2) is 6.10 Å². The number of carbonyl (C=O) groups is 1. The summed E-state index contributed by atoms with van der Waals surface area (Å²) in [5.41, 5.74) is -0.00495. The summed E-state index contributed by atoms with van der Waals surface area (Å²) in [7, 11) is 1.13. The van der Waals surface area contributed by atoms with E-state index in [-0.39, 0.29) is 17.1 Å². The van der Waals surface area contributed by atoms with Crippen LogP contribution < -0.4 is 0 Å². The summed E-state index contributed by atoms with van der Waals surface area (Å²) in [4.78, 5) is 10.9. The number of phenols is 2. The summed E-state index contributed by atoms with van der Waals surface area (Å²) in [6.45, 7) is 0. The second kappa shape index (κ2) is 3.97. The molecule has 0 amide bonds. The maximum atomic E-state index is 10.9. The monoisotopic (exact) mass is 198 g/mol. The highest BCUT2D eigenvalue weighted by Gasteiger charge is 2.21. The van der Waals surface area contributed by atoms with Crippen molar-refractivity contribution in [2.45, 2.75) is 6.10 Å². The summed E-state index contributed by atoms with van der Waals surface area (Å²) in [6, 6.07) is 3.52. The number of phenolic OH excluding ortho intramolecular Hbond substituents is 2. The van der Waals surface area contributed by atoms with Gasteiger partial charge in [-0.3, -0.25) is 0 Å². The van der Waals surface area contributed by atoms with Crippen LogP contribution in [0.5, 0.6) is 11.5 Å². The summed E-state index contributed by atoms with van der Waals surface area (Å²) >= 11 is 0. The predicted molar refractivity (Wildman–Crippen MR) is 46.7 cm³/mol. The molecule has 1 aromatic carbocycles. The summed E-state index contributed by atoms with van der Waals surface area (Å²) in [6.07, 6.45) is -1.54. The van der Waals surface area contributed by atoms with E-state index >= 15 is 0 Å². The Hall–Kier alpha value is -1.75. The van der Waals surface area contributed by atoms with E-state index in [4.69, 9.17) is 5.11 Å². The van der Waals surface area contributed by atoms with Crippen molar-refractivity contribution < 1.29 is 24.9 Å². The number of rotatable bonds is 2. The van der Waals surface area contributed by atoms with Crippen molar-refractivity contribution in [3.8, 4) is 11.5 Å². The zero-order valence-electron chi connectivity index (χ0n) is 7.47. The number of hydrogen-bond acceptors (Lipinski definition) is 5. The Bertz CT molecular complexity index is 347. The van der Waals surface area contributed by atoms with E-state index in [1.54, 1.807) is 0 Å². The highest BCUT2D eigenvalue weighted by atomic mass is 16.5. The number of benzene rings is 1. The normalized spacial score (nSPS) is 12.1. The molecule has 76 valence electrons. The van der Waals surface area contributed by atoms with Gasteiger partial charge < -0.3 is 20.1 Å². The molecule has 0 spiro atoms. The van der Waals surface area contributed by atoms with Crippen LogP contribution in [0.2, 0.25) is 0 Å². The fourth-order valence-corrected chi connectivity index (χ4v) is 1.00. The molecule has 5 nitrogen and oxygen atoms in total. The standard InChI is InChI=1S/C9H10O5/c1-14-9(13)8(12)6-3-2-5(10)4-7(6)11/h2-4,8,10-12H,1H3. The first-order valence-corrected chi connectivity index (χ1v) is 3.84. The lowest BCUT2D eigenvalue weighted by Gasteiger charge is -2.10. The number of ether oxygens (including phenoxy) is 1. The highest BCUT2D eigenvalue weighted by Crippen LogP contribution is 2.28. The molecule has 0 saturated carbocycles. The number of methoxy groups -OCH3 is 1. The van der Waals surface area contributed by atoms with Crippen molar-refractivity contribution in [2.75, 3.05) is 7.11 Å². The Morgan fingerprint density at radius 2 is 2.07 bits per heavy atom. The number of aliphatic hydroxyl groups excluding tert-OH is 1. The molecule has 0 radical (unpaired) electrons. The molecule has 0 fully saturated rings. The van der Waals surface area contributed by atoms with Crippen LogP contribution in [0.15, 0.2) is 18.2 Å². The van der Waals surface area contributed by atoms with Crippen molar-refractivity contribution >= 4 is 5.97 Å². The first kappa shape index (κ1) is 10.3. The Balaban J connectivity index is 3.01. The highest BCUT2D eigenvalue weighted by molar-refractivity contribution is 5.77. The van der Waals surface area contributed by atoms with Gasteiger partial charge in [0, 0.05) is 11.6 Å². The number of hydrogen-bond donors (Lipinski definition) is 3. The quantitative estimate of drug-likeness (QED) is 0.595. The lowest BCUT2D eigenvalue weighted by molar-refractivity contribution is -0.150. The van der Waals surface area contributed by atoms with Crippen molar-refractivity contribution in [1.82, 2.24) is 0 Å². The number of aliphatic hydroxyl groups is 1. The van der Waals surface area contributed by atoms with Crippen molar-refractivity contribution in [3.63, 3.8) is 0 Å². The fraction of sp³-hybridized carbons (Fsp3) is 0.222. The summed E-state index contributed by atoms with van der Waals surface area (Å²) in [5.74, 6) is -1.38. The van der Waals surface area contributed by atoms with Crippen LogP contribution in [-0.2, 0) is 9.53 Å². The van der Waals surface area contributed by atoms with E-state index in [0.717, 1.165) is 13.2 Å². The molecule has 1 rings (SSSR count). The average molecular weight is 198 g/mol. The van der Waals surface area contributed by atoms with Crippen molar-refractivity contribution in [1.29, 1.82) is 0 Å². The molecule has 0 heterocycles. The minimum atomic E-state index is -1.54. The topological polar surface area (TPSA) is 87.0 Å². The predicted octanol–water partition coefficient (Wildman–Crippen LogP) is 0.304. The third-order valence-corrected chi connectivity index (χ3v) is 1.73. The summed E-state index contributed by atoms with van der Waals surface area (Å²) in [5, 5.41) is 27.6. The van der Waals surface area contributed by atoms with Crippen LogP contribution in [0.3, 0.4) is 0 Å². The van der Waals surface area contributed by atoms with Gasteiger partial charge >= 0.3 is 5.97 Å². The molecular weight excluding hydrogens is 188 g/mol. The molecule has 3 N–H and O–H groups in total. The maximum absolute atomic E-state index is 10.9. The molecule has 0 aliphatic carbocycles. The molecule has 0 bridgehead atoms. The molecular formula is C9H10O5. The van der Waals surface area contributed by atoms with Crippen LogP contribution in [0.1, 0.15) is 11.7 Å². The molecule has 0 aromatic heterocycles. The lowest BCUT2D eigenvalue weighted by atomic mass is 10.1. The molecule has 1 atom stereocenters. The Kier molecular flexibility index (Phi) is 2.93. The molecule has 0 saturated heterocycles. The van der Waals surface area contributed by atoms with Crippen molar-refractivity contribution in [2.24, 2.45) is 0 Å². The number of carbonyl (C=O) groups excluding carboxylic acids is 1. The van der Waals surface area contributed by atoms with Gasteiger partial charge in [-0.2, -0.15) is 0 Å². The van der Waals surface area contributed by atoms with Gasteiger partial charge in [-0.1, -0.05) is 0 Å². The minimum absolute atomic E-state index is 0.00495. The first-order valence-electron chi connectivity index (χ1n) is 3.84. The van der Waals surface area contributed by atoms with Crippen LogP contribution in [0.25, 0.3) is 0 Å². The Labute approximate surface area is 80.2 Å². The molecule has 1 aromatic rings. The van der Waals surface area contributed by atoms with Gasteiger partial charge in [-0.05, 0) is 12.1 Å². The minimum Gasteiger partial charge on any atom is -0.508 e. The van der Waals surface area contributed by atoms with Crippen LogP contribution in [0.4, 0.5) is 0 Å². The summed E-state index contributed by atoms with van der Waals surface area (Å²) < 4.78 is 4.29. The van der Waals surface area contributed by atoms with Crippen LogP contribution in [-0.4, -0.2) is 28.4 Å². The average Bonchev–Trinajstić information content (AvgIpc) is 2.15. The second-order valence-electron chi connectivity index (χ2n) is 2.67. The molecule has 0 aliphatic heterocycles. The third-order valence-electron chi connectivity index (χ3n) is 1.73. The Morgan fingerprint density at radius 3 is 2.57 bits per heavy atom. The van der Waals surface area contributed by atoms with E-state index in [9.17, 15) is 15.0 Å². The van der Waals surface area contributed by atoms with E-state index in [1.807, 2.05) is 0 Å². The lowest BCUT2D eigenvalue weighted by Crippen LogP contribution is -2.13. The van der Waals surface area contributed by atoms with Crippen LogP contribution >= 0.6 is 0 Å². The number of esters is 1. The van der Waals surface area contributed by atoms with E-state index in [0.29, 0.717) is 0 Å². The van der Waals surface area contributed by atoms with Gasteiger partial charge in [-0.15, -0.1) is 0 Å². The van der Waals surface area contributed by atoms with E-state index in [2.05, 4.69) is 4.74 Å². The number of aromatic hydroxyl groups is 2. The molecule has 14 heavy (non-hydrogen) atoms. The first-order chi connectivity index (χ1) is 6.56. The Morgan fingerprint density at radius 1 is 1.43 bits per heavy atom. The van der Waals surface area contributed by atoms with Gasteiger partial charge in [0.1, 0.15) is 11.5 Å². The third kappa shape index (κ3) is 1.94. The maximum Gasteiger partial charge on any atom is 0.339 e. The molecule has 0 aliphatic rings. The van der Waals surface area contributed by atoms with Gasteiger partial charge in [0.25, 0.3) is 0 Å². The van der Waals surface area contributed by atoms with E-state index in [1.165, 1.54) is 12.1 Å². The fourth-order valence-electron chi connectivity index (χ4n) is 1.00. The smallest absolute Gasteiger partial charge is 0.339 e.